The molecule has 0 aromatic heterocycles. The van der Waals surface area contributed by atoms with E-state index in [9.17, 15) is 35.1 Å². The molecule has 10 nitrogen and oxygen atoms in total. The highest BCUT2D eigenvalue weighted by Crippen LogP contribution is 2.35. The van der Waals surface area contributed by atoms with E-state index in [1.165, 1.54) is 31.2 Å². The van der Waals surface area contributed by atoms with Crippen LogP contribution in [0, 0.1) is 11.8 Å². The number of aliphatic hydroxyl groups is 4. The number of aromatic hydroxyl groups is 1. The Morgan fingerprint density at radius 3 is 2.49 bits per heavy atom. The molecule has 0 radical (unpaired) electrons. The maximum Gasteiger partial charge on any atom is 0.338 e. The molecule has 208 valence electrons. The summed E-state index contributed by atoms with van der Waals surface area (Å²) in [5.41, 5.74) is -0.719. The van der Waals surface area contributed by atoms with Crippen molar-refractivity contribution < 1.29 is 44.6 Å². The van der Waals surface area contributed by atoms with E-state index in [-0.39, 0.29) is 35.5 Å². The van der Waals surface area contributed by atoms with Gasteiger partial charge in [0.25, 0.3) is 0 Å². The van der Waals surface area contributed by atoms with Crippen LogP contribution in [-0.4, -0.2) is 91.8 Å². The molecule has 37 heavy (non-hydrogen) atoms. The molecule has 11 heteroatoms. The lowest BCUT2D eigenvalue weighted by atomic mass is 9.91. The first kappa shape index (κ1) is 29.7. The predicted molar refractivity (Wildman–Crippen MR) is 137 cm³/mol. The van der Waals surface area contributed by atoms with E-state index in [1.807, 2.05) is 0 Å². The number of esters is 1. The van der Waals surface area contributed by atoms with E-state index in [2.05, 4.69) is 12.2 Å². The Balaban J connectivity index is 1.56. The minimum absolute atomic E-state index is 0.0164. The molecule has 2 fully saturated rings. The average molecular weight is 542 g/mol. The minimum atomic E-state index is -1.56. The summed E-state index contributed by atoms with van der Waals surface area (Å²) in [4.78, 5) is 25.1. The van der Waals surface area contributed by atoms with Crippen LogP contribution in [0.3, 0.4) is 0 Å². The van der Waals surface area contributed by atoms with Crippen molar-refractivity contribution in [3.63, 3.8) is 0 Å². The van der Waals surface area contributed by atoms with Gasteiger partial charge >= 0.3 is 5.97 Å². The van der Waals surface area contributed by atoms with Gasteiger partial charge in [0.05, 0.1) is 17.7 Å². The van der Waals surface area contributed by atoms with Crippen molar-refractivity contribution >= 4 is 23.6 Å². The molecule has 0 spiro atoms. The van der Waals surface area contributed by atoms with Crippen molar-refractivity contribution in [2.75, 3.05) is 12.4 Å². The number of ether oxygens (including phenoxy) is 2. The van der Waals surface area contributed by atoms with Gasteiger partial charge in [0.15, 0.2) is 0 Å². The van der Waals surface area contributed by atoms with Crippen LogP contribution in [0.15, 0.2) is 24.3 Å². The highest BCUT2D eigenvalue weighted by atomic mass is 32.2. The number of carbonyl (C=O) groups excluding carboxylic acids is 2. The standard InChI is InChI=1S/C26H39NO9S/c1-3-4-15-5-6-17(13-15)24(33)27-19(14(2)28)23-21(31)20(30)22(32)26(36-23)37-12-11-35-25(34)16-7-9-18(29)10-8-16/h7-10,14-15,17,19-23,26,28-32H,3-6,11-13H2,1-2H3,(H,27,33)/t14-,15+,17+,19-,20+,21-,22-,23-,26-/m1/s1. The monoisotopic (exact) mass is 541 g/mol. The second-order valence-corrected chi connectivity index (χ2v) is 11.1. The summed E-state index contributed by atoms with van der Waals surface area (Å²) < 4.78 is 11.1. The fourth-order valence-corrected chi connectivity index (χ4v) is 6.01. The van der Waals surface area contributed by atoms with Crippen molar-refractivity contribution in [1.82, 2.24) is 5.32 Å². The number of benzene rings is 1. The van der Waals surface area contributed by atoms with Crippen LogP contribution in [0.25, 0.3) is 0 Å². The minimum Gasteiger partial charge on any atom is -0.508 e. The first-order chi connectivity index (χ1) is 17.6. The number of aliphatic hydroxyl groups excluding tert-OH is 4. The smallest absolute Gasteiger partial charge is 0.338 e. The van der Waals surface area contributed by atoms with Gasteiger partial charge in [-0.15, -0.1) is 11.8 Å². The van der Waals surface area contributed by atoms with Crippen LogP contribution in [0.1, 0.15) is 56.3 Å². The third-order valence-corrected chi connectivity index (χ3v) is 8.22. The molecule has 1 aromatic carbocycles. The molecule has 2 aliphatic rings. The van der Waals surface area contributed by atoms with E-state index in [1.54, 1.807) is 0 Å². The molecule has 0 bridgehead atoms. The second-order valence-electron chi connectivity index (χ2n) is 9.93. The summed E-state index contributed by atoms with van der Waals surface area (Å²) >= 11 is 1.08. The number of amides is 1. The molecular weight excluding hydrogens is 502 g/mol. The summed E-state index contributed by atoms with van der Waals surface area (Å²) in [6, 6.07) is 4.61. The van der Waals surface area contributed by atoms with Crippen LogP contribution in [0.2, 0.25) is 0 Å². The first-order valence-electron chi connectivity index (χ1n) is 12.9. The number of hydrogen-bond acceptors (Lipinski definition) is 10. The topological polar surface area (TPSA) is 166 Å². The summed E-state index contributed by atoms with van der Waals surface area (Å²) in [5.74, 6) is -0.226. The highest BCUT2D eigenvalue weighted by Gasteiger charge is 2.48. The highest BCUT2D eigenvalue weighted by molar-refractivity contribution is 7.99. The zero-order valence-electron chi connectivity index (χ0n) is 21.2. The van der Waals surface area contributed by atoms with Crippen molar-refractivity contribution in [2.24, 2.45) is 11.8 Å². The van der Waals surface area contributed by atoms with Crippen molar-refractivity contribution in [2.45, 2.75) is 87.9 Å². The number of phenols is 1. The number of thioether (sulfide) groups is 1. The first-order valence-corrected chi connectivity index (χ1v) is 13.9. The van der Waals surface area contributed by atoms with E-state index >= 15 is 0 Å². The van der Waals surface area contributed by atoms with Crippen LogP contribution in [-0.2, 0) is 14.3 Å². The Bertz CT molecular complexity index is 883. The average Bonchev–Trinajstić information content (AvgIpc) is 3.34. The molecule has 6 N–H and O–H groups in total. The molecule has 1 aromatic rings. The molecule has 0 unspecified atom stereocenters. The van der Waals surface area contributed by atoms with Gasteiger partial charge in [-0.1, -0.05) is 19.8 Å². The Morgan fingerprint density at radius 2 is 1.84 bits per heavy atom. The fraction of sp³-hybridized carbons (Fsp3) is 0.692. The molecule has 9 atom stereocenters. The Labute approximate surface area is 221 Å². The number of hydrogen-bond donors (Lipinski definition) is 6. The zero-order chi connectivity index (χ0) is 27.1. The molecule has 1 aliphatic carbocycles. The zero-order valence-corrected chi connectivity index (χ0v) is 22.0. The maximum absolute atomic E-state index is 13.0. The van der Waals surface area contributed by atoms with Gasteiger partial charge in [0.2, 0.25) is 5.91 Å². The molecule has 3 rings (SSSR count). The number of rotatable bonds is 11. The predicted octanol–water partition coefficient (Wildman–Crippen LogP) is 1.17. The summed E-state index contributed by atoms with van der Waals surface area (Å²) in [6.45, 7) is 3.57. The lowest BCUT2D eigenvalue weighted by Gasteiger charge is -2.44. The van der Waals surface area contributed by atoms with Crippen LogP contribution in [0.4, 0.5) is 0 Å². The number of phenolic OH excluding ortho intramolecular Hbond substituents is 1. The van der Waals surface area contributed by atoms with Gasteiger partial charge in [0, 0.05) is 11.7 Å². The van der Waals surface area contributed by atoms with Gasteiger partial charge in [-0.05, 0) is 56.4 Å². The fourth-order valence-electron chi connectivity index (χ4n) is 5.03. The SMILES string of the molecule is CCC[C@H]1CC[C@H](C(=O)N[C@@H]([C@H]2O[C@H](SCCOC(=O)c3ccc(O)cc3)[C@H](O)[C@@H](O)[C@H]2O)[C@@H](C)O)C1. The third kappa shape index (κ3) is 7.81. The third-order valence-electron chi connectivity index (χ3n) is 7.10. The molecular formula is C26H39NO9S. The van der Waals surface area contributed by atoms with Crippen LogP contribution in [0.5, 0.6) is 5.75 Å². The summed E-state index contributed by atoms with van der Waals surface area (Å²) in [6.07, 6.45) is -2.11. The van der Waals surface area contributed by atoms with E-state index in [4.69, 9.17) is 9.47 Å². The Morgan fingerprint density at radius 1 is 1.14 bits per heavy atom. The largest absolute Gasteiger partial charge is 0.508 e. The second kappa shape index (κ2) is 13.8. The maximum atomic E-state index is 13.0. The molecule has 1 amide bonds. The van der Waals surface area contributed by atoms with Crippen LogP contribution < -0.4 is 5.32 Å². The summed E-state index contributed by atoms with van der Waals surface area (Å²) in [5, 5.41) is 54.1. The quantitative estimate of drug-likeness (QED) is 0.177. The van der Waals surface area contributed by atoms with E-state index in [0.29, 0.717) is 5.92 Å². The number of nitrogens with one attached hydrogen (secondary N) is 1. The van der Waals surface area contributed by atoms with Crippen molar-refractivity contribution in [1.29, 1.82) is 0 Å². The van der Waals surface area contributed by atoms with Crippen molar-refractivity contribution in [3.8, 4) is 5.75 Å². The Kier molecular flexibility index (Phi) is 11.0. The van der Waals surface area contributed by atoms with Gasteiger partial charge in [0.1, 0.15) is 42.2 Å². The molecule has 1 saturated carbocycles. The van der Waals surface area contributed by atoms with Gasteiger partial charge < -0.3 is 40.3 Å². The van der Waals surface area contributed by atoms with Gasteiger partial charge in [-0.2, -0.15) is 0 Å². The lowest BCUT2D eigenvalue weighted by molar-refractivity contribution is -0.211. The van der Waals surface area contributed by atoms with E-state index in [0.717, 1.165) is 43.9 Å². The molecule has 1 heterocycles. The molecule has 1 saturated heterocycles. The Hall–Kier alpha value is -1.89. The molecule has 1 aliphatic heterocycles. The van der Waals surface area contributed by atoms with Crippen LogP contribution >= 0.6 is 11.8 Å². The normalized spacial score (nSPS) is 31.5. The van der Waals surface area contributed by atoms with Gasteiger partial charge in [-0.3, -0.25) is 4.79 Å². The summed E-state index contributed by atoms with van der Waals surface area (Å²) in [7, 11) is 0. The number of carbonyl (C=O) groups is 2. The van der Waals surface area contributed by atoms with Gasteiger partial charge in [-0.25, -0.2) is 4.79 Å². The van der Waals surface area contributed by atoms with E-state index < -0.39 is 48.0 Å². The van der Waals surface area contributed by atoms with Crippen molar-refractivity contribution in [3.05, 3.63) is 29.8 Å². The lowest BCUT2D eigenvalue weighted by Crippen LogP contribution is -2.65.